The Balaban J connectivity index is 2.22. The van der Waals surface area contributed by atoms with Crippen LogP contribution in [0, 0.1) is 13.8 Å². The molecule has 2 atom stereocenters. The van der Waals surface area contributed by atoms with Crippen molar-refractivity contribution in [2.24, 2.45) is 0 Å². The van der Waals surface area contributed by atoms with Gasteiger partial charge in [0.15, 0.2) is 0 Å². The number of aromatic nitrogens is 1. The molecule has 0 bridgehead atoms. The van der Waals surface area contributed by atoms with Crippen molar-refractivity contribution in [3.63, 3.8) is 0 Å². The average molecular weight is 341 g/mol. The molecule has 0 spiro atoms. The van der Waals surface area contributed by atoms with Crippen molar-refractivity contribution in [3.05, 3.63) is 35.0 Å². The van der Waals surface area contributed by atoms with E-state index in [-0.39, 0.29) is 6.10 Å². The molecule has 0 amide bonds. The van der Waals surface area contributed by atoms with Gasteiger partial charge in [-0.25, -0.2) is 0 Å². The summed E-state index contributed by atoms with van der Waals surface area (Å²) < 4.78 is 5.54. The van der Waals surface area contributed by atoms with Crippen LogP contribution in [0.25, 0.3) is 10.9 Å². The number of benzene rings is 1. The van der Waals surface area contributed by atoms with Gasteiger partial charge in [0.1, 0.15) is 15.6 Å². The monoisotopic (exact) mass is 339 g/mol. The van der Waals surface area contributed by atoms with Gasteiger partial charge in [0.05, 0.1) is 5.52 Å². The molecule has 2 nitrogen and oxygen atoms in total. The van der Waals surface area contributed by atoms with Crippen molar-refractivity contribution >= 4 is 38.4 Å². The van der Waals surface area contributed by atoms with E-state index in [9.17, 15) is 0 Å². The standard InChI is InChI=1S/C15H15BrClNO/c1-8-5-4-6-10-13(8)18-9(2)11-7-12(15(3,16)17)19-14(10)11/h4-6,12H,7H2,1-3H3. The Labute approximate surface area is 126 Å². The lowest BCUT2D eigenvalue weighted by molar-refractivity contribution is 0.225. The minimum Gasteiger partial charge on any atom is -0.486 e. The van der Waals surface area contributed by atoms with Crippen LogP contribution in [0.2, 0.25) is 0 Å². The smallest absolute Gasteiger partial charge is 0.134 e. The Bertz CT molecular complexity index is 663. The maximum absolute atomic E-state index is 6.34. The number of nitrogens with zero attached hydrogens (tertiary/aromatic N) is 1. The lowest BCUT2D eigenvalue weighted by Crippen LogP contribution is -2.31. The first-order chi connectivity index (χ1) is 8.88. The molecule has 0 saturated carbocycles. The number of fused-ring (bicyclic) bond motifs is 3. The van der Waals surface area contributed by atoms with Gasteiger partial charge in [-0.05, 0) is 32.4 Å². The Morgan fingerprint density at radius 3 is 2.84 bits per heavy atom. The molecule has 0 fully saturated rings. The Morgan fingerprint density at radius 1 is 1.42 bits per heavy atom. The zero-order valence-electron chi connectivity index (χ0n) is 11.1. The fourth-order valence-corrected chi connectivity index (χ4v) is 2.96. The third-order valence-corrected chi connectivity index (χ3v) is 4.44. The SMILES string of the molecule is Cc1nc2c(C)cccc2c2c1CC(C(C)(Cl)Br)O2. The molecule has 1 aliphatic rings. The van der Waals surface area contributed by atoms with Crippen LogP contribution in [0.1, 0.15) is 23.7 Å². The fourth-order valence-electron chi connectivity index (χ4n) is 2.58. The Hall–Kier alpha value is -0.800. The third-order valence-electron chi connectivity index (χ3n) is 3.69. The largest absolute Gasteiger partial charge is 0.486 e. The number of aryl methyl sites for hydroxylation is 2. The topological polar surface area (TPSA) is 22.1 Å². The number of halogens is 2. The van der Waals surface area contributed by atoms with Gasteiger partial charge >= 0.3 is 0 Å². The summed E-state index contributed by atoms with van der Waals surface area (Å²) in [7, 11) is 0. The number of rotatable bonds is 1. The first-order valence-electron chi connectivity index (χ1n) is 6.31. The van der Waals surface area contributed by atoms with Crippen molar-refractivity contribution in [1.82, 2.24) is 4.98 Å². The summed E-state index contributed by atoms with van der Waals surface area (Å²) in [5, 5.41) is 1.08. The van der Waals surface area contributed by atoms with Crippen LogP contribution >= 0.6 is 27.5 Å². The molecular formula is C15H15BrClNO. The van der Waals surface area contributed by atoms with Gasteiger partial charge in [-0.2, -0.15) is 0 Å². The molecule has 0 N–H and O–H groups in total. The van der Waals surface area contributed by atoms with Crippen LogP contribution < -0.4 is 4.74 Å². The zero-order chi connectivity index (χ0) is 13.8. The van der Waals surface area contributed by atoms with Gasteiger partial charge in [0.2, 0.25) is 0 Å². The summed E-state index contributed by atoms with van der Waals surface area (Å²) in [5.41, 5.74) is 4.40. The normalized spacial score (nSPS) is 21.0. The molecule has 1 aromatic carbocycles. The first kappa shape index (κ1) is 13.2. The molecule has 2 unspecified atom stereocenters. The van der Waals surface area contributed by atoms with Crippen LogP contribution in [-0.4, -0.2) is 14.9 Å². The fraction of sp³-hybridized carbons (Fsp3) is 0.400. The Kier molecular flexibility index (Phi) is 3.02. The number of ether oxygens (including phenoxy) is 1. The predicted octanol–water partition coefficient (Wildman–Crippen LogP) is 4.51. The lowest BCUT2D eigenvalue weighted by atomic mass is 10.0. The van der Waals surface area contributed by atoms with Crippen molar-refractivity contribution in [2.75, 3.05) is 0 Å². The molecular weight excluding hydrogens is 326 g/mol. The molecule has 1 aromatic heterocycles. The van der Waals surface area contributed by atoms with Crippen LogP contribution in [-0.2, 0) is 6.42 Å². The van der Waals surface area contributed by atoms with E-state index in [0.717, 1.165) is 28.8 Å². The van der Waals surface area contributed by atoms with E-state index in [4.69, 9.17) is 21.3 Å². The molecule has 2 heterocycles. The second-order valence-electron chi connectivity index (χ2n) is 5.24. The molecule has 3 rings (SSSR count). The van der Waals surface area contributed by atoms with Crippen molar-refractivity contribution < 1.29 is 4.74 Å². The van der Waals surface area contributed by atoms with E-state index in [1.165, 1.54) is 11.1 Å². The van der Waals surface area contributed by atoms with E-state index in [2.05, 4.69) is 35.0 Å². The summed E-state index contributed by atoms with van der Waals surface area (Å²) in [4.78, 5) is 4.72. The molecule has 19 heavy (non-hydrogen) atoms. The van der Waals surface area contributed by atoms with Gasteiger partial charge in [-0.15, -0.1) is 11.6 Å². The third kappa shape index (κ3) is 2.13. The predicted molar refractivity (Wildman–Crippen MR) is 82.5 cm³/mol. The maximum Gasteiger partial charge on any atom is 0.134 e. The van der Waals surface area contributed by atoms with E-state index in [0.29, 0.717) is 0 Å². The molecule has 4 heteroatoms. The lowest BCUT2D eigenvalue weighted by Gasteiger charge is -2.21. The second-order valence-corrected chi connectivity index (χ2v) is 8.13. The molecule has 0 aliphatic carbocycles. The van der Waals surface area contributed by atoms with E-state index in [1.807, 2.05) is 19.9 Å². The van der Waals surface area contributed by atoms with Gasteiger partial charge < -0.3 is 4.74 Å². The van der Waals surface area contributed by atoms with Crippen LogP contribution in [0.5, 0.6) is 5.75 Å². The molecule has 0 saturated heterocycles. The molecule has 1 aliphatic heterocycles. The number of pyridine rings is 1. The number of hydrogen-bond acceptors (Lipinski definition) is 2. The van der Waals surface area contributed by atoms with Gasteiger partial charge in [-0.1, -0.05) is 28.1 Å². The average Bonchev–Trinajstić information content (AvgIpc) is 2.76. The Morgan fingerprint density at radius 2 is 2.16 bits per heavy atom. The summed E-state index contributed by atoms with van der Waals surface area (Å²) >= 11 is 9.82. The van der Waals surface area contributed by atoms with E-state index in [1.54, 1.807) is 0 Å². The number of hydrogen-bond donors (Lipinski definition) is 0. The summed E-state index contributed by atoms with van der Waals surface area (Å²) in [5.74, 6) is 0.947. The highest BCUT2D eigenvalue weighted by molar-refractivity contribution is 9.10. The number of para-hydroxylation sites is 1. The number of alkyl halides is 2. The summed E-state index contributed by atoms with van der Waals surface area (Å²) in [6, 6.07) is 6.18. The highest BCUT2D eigenvalue weighted by Crippen LogP contribution is 2.43. The van der Waals surface area contributed by atoms with Gasteiger partial charge in [0, 0.05) is 23.1 Å². The van der Waals surface area contributed by atoms with Gasteiger partial charge in [-0.3, -0.25) is 4.98 Å². The van der Waals surface area contributed by atoms with Gasteiger partial charge in [0.25, 0.3) is 0 Å². The highest BCUT2D eigenvalue weighted by Gasteiger charge is 2.38. The van der Waals surface area contributed by atoms with E-state index < -0.39 is 3.78 Å². The minimum absolute atomic E-state index is 0.0734. The molecule has 100 valence electrons. The van der Waals surface area contributed by atoms with Crippen LogP contribution in [0.3, 0.4) is 0 Å². The maximum atomic E-state index is 6.34. The summed E-state index contributed by atoms with van der Waals surface area (Å²) in [6.45, 7) is 6.03. The first-order valence-corrected chi connectivity index (χ1v) is 7.48. The molecule has 2 aromatic rings. The quantitative estimate of drug-likeness (QED) is 0.713. The van der Waals surface area contributed by atoms with Crippen molar-refractivity contribution in [2.45, 2.75) is 37.1 Å². The highest BCUT2D eigenvalue weighted by atomic mass is 79.9. The van der Waals surface area contributed by atoms with Crippen LogP contribution in [0.15, 0.2) is 18.2 Å². The second kappa shape index (κ2) is 4.35. The van der Waals surface area contributed by atoms with Crippen LogP contribution in [0.4, 0.5) is 0 Å². The van der Waals surface area contributed by atoms with Crippen molar-refractivity contribution in [3.8, 4) is 5.75 Å². The van der Waals surface area contributed by atoms with Crippen molar-refractivity contribution in [1.29, 1.82) is 0 Å². The van der Waals surface area contributed by atoms with E-state index >= 15 is 0 Å². The molecule has 0 radical (unpaired) electrons. The minimum atomic E-state index is -0.561. The summed E-state index contributed by atoms with van der Waals surface area (Å²) in [6.07, 6.45) is 0.722. The zero-order valence-corrected chi connectivity index (χ0v) is 13.5.